The second kappa shape index (κ2) is 6.27. The molecule has 0 rings (SSSR count). The smallest absolute Gasteiger partial charge is 0.142 e. The van der Waals surface area contributed by atoms with Crippen molar-refractivity contribution in [1.82, 2.24) is 0 Å². The number of carbonyl (C=O) groups is 1. The Labute approximate surface area is 62.4 Å². The lowest BCUT2D eigenvalue weighted by Gasteiger charge is -1.94. The van der Waals surface area contributed by atoms with Crippen molar-refractivity contribution in [3.8, 4) is 0 Å². The van der Waals surface area contributed by atoms with Gasteiger partial charge >= 0.3 is 0 Å². The van der Waals surface area contributed by atoms with Crippen molar-refractivity contribution in [2.45, 2.75) is 20.3 Å². The molecule has 10 heavy (non-hydrogen) atoms. The van der Waals surface area contributed by atoms with E-state index in [0.717, 1.165) is 12.7 Å². The van der Waals surface area contributed by atoms with E-state index in [2.05, 4.69) is 19.9 Å². The van der Waals surface area contributed by atoms with Gasteiger partial charge in [0, 0.05) is 0 Å². The number of rotatable bonds is 4. The highest BCUT2D eigenvalue weighted by atomic mass is 16.1. The van der Waals surface area contributed by atoms with E-state index in [-0.39, 0.29) is 0 Å². The Morgan fingerprint density at radius 2 is 1.90 bits per heavy atom. The first-order valence-corrected chi connectivity index (χ1v) is 3.54. The molecule has 0 unspecified atom stereocenters. The molecule has 0 aromatic rings. The summed E-state index contributed by atoms with van der Waals surface area (Å²) in [5, 5.41) is 0. The molecule has 0 aromatic heterocycles. The second-order valence-corrected chi connectivity index (χ2v) is 2.58. The van der Waals surface area contributed by atoms with Gasteiger partial charge in [-0.05, 0) is 18.4 Å². The van der Waals surface area contributed by atoms with Gasteiger partial charge in [0.25, 0.3) is 0 Å². The summed E-state index contributed by atoms with van der Waals surface area (Å²) in [5.74, 6) is 0.695. The number of hydrogen-bond donors (Lipinski definition) is 0. The molecule has 0 N–H and O–H groups in total. The second-order valence-electron chi connectivity index (χ2n) is 2.58. The molecule has 0 radical (unpaired) electrons. The summed E-state index contributed by atoms with van der Waals surface area (Å²) in [7, 11) is 0. The lowest BCUT2D eigenvalue weighted by molar-refractivity contribution is -0.104. The van der Waals surface area contributed by atoms with E-state index >= 15 is 0 Å². The predicted molar refractivity (Wildman–Crippen MR) is 43.8 cm³/mol. The van der Waals surface area contributed by atoms with Gasteiger partial charge < -0.3 is 0 Å². The van der Waals surface area contributed by atoms with Gasteiger partial charge in [0.2, 0.25) is 0 Å². The number of carbonyl (C=O) groups excluding carboxylic acids is 1. The van der Waals surface area contributed by atoms with Crippen LogP contribution in [0.4, 0.5) is 0 Å². The Balaban J connectivity index is 3.37. The highest BCUT2D eigenvalue weighted by Gasteiger charge is 1.84. The lowest BCUT2D eigenvalue weighted by Crippen LogP contribution is -1.80. The molecule has 0 aliphatic carbocycles. The van der Waals surface area contributed by atoms with Gasteiger partial charge in [-0.25, -0.2) is 0 Å². The first-order chi connectivity index (χ1) is 4.77. The Morgan fingerprint density at radius 3 is 2.40 bits per heavy atom. The van der Waals surface area contributed by atoms with E-state index in [4.69, 9.17) is 0 Å². The van der Waals surface area contributed by atoms with E-state index in [1.165, 1.54) is 6.08 Å². The van der Waals surface area contributed by atoms with Gasteiger partial charge in [-0.3, -0.25) is 4.79 Å². The largest absolute Gasteiger partial charge is 0.299 e. The zero-order valence-electron chi connectivity index (χ0n) is 6.58. The normalized spacial score (nSPS) is 11.9. The molecule has 0 aromatic carbocycles. The molecular formula is C9H14O. The summed E-state index contributed by atoms with van der Waals surface area (Å²) < 4.78 is 0. The van der Waals surface area contributed by atoms with Crippen molar-refractivity contribution in [1.29, 1.82) is 0 Å². The molecule has 0 aliphatic heterocycles. The van der Waals surface area contributed by atoms with E-state index in [9.17, 15) is 4.79 Å². The Morgan fingerprint density at radius 1 is 1.20 bits per heavy atom. The van der Waals surface area contributed by atoms with Crippen LogP contribution in [0.25, 0.3) is 0 Å². The fourth-order valence-electron chi connectivity index (χ4n) is 0.539. The molecule has 0 aliphatic rings. The van der Waals surface area contributed by atoms with Crippen molar-refractivity contribution in [3.63, 3.8) is 0 Å². The molecule has 0 fully saturated rings. The third kappa shape index (κ3) is 7.15. The Bertz CT molecular complexity index is 132. The van der Waals surface area contributed by atoms with Crippen LogP contribution in [-0.4, -0.2) is 6.29 Å². The van der Waals surface area contributed by atoms with Crippen LogP contribution >= 0.6 is 0 Å². The van der Waals surface area contributed by atoms with Crippen LogP contribution in [0.3, 0.4) is 0 Å². The van der Waals surface area contributed by atoms with Crippen LogP contribution in [0.1, 0.15) is 20.3 Å². The standard InChI is InChI=1S/C9H14O/c1-9(2)7-5-3-4-6-8-10/h3-6,8-9H,7H2,1-2H3/b5-3+,6-4+. The van der Waals surface area contributed by atoms with Crippen molar-refractivity contribution in [3.05, 3.63) is 24.3 Å². The maximum atomic E-state index is 9.78. The van der Waals surface area contributed by atoms with E-state index in [0.29, 0.717) is 5.92 Å². The predicted octanol–water partition coefficient (Wildman–Crippen LogP) is 2.34. The fourth-order valence-corrected chi connectivity index (χ4v) is 0.539. The van der Waals surface area contributed by atoms with Gasteiger partial charge in [0.05, 0.1) is 0 Å². The quantitative estimate of drug-likeness (QED) is 0.331. The maximum Gasteiger partial charge on any atom is 0.142 e. The summed E-state index contributed by atoms with van der Waals surface area (Å²) in [4.78, 5) is 9.78. The van der Waals surface area contributed by atoms with Crippen molar-refractivity contribution >= 4 is 6.29 Å². The molecule has 0 bridgehead atoms. The van der Waals surface area contributed by atoms with Gasteiger partial charge in [0.15, 0.2) is 0 Å². The first kappa shape index (κ1) is 9.15. The molecule has 0 atom stereocenters. The fraction of sp³-hybridized carbons (Fsp3) is 0.444. The summed E-state index contributed by atoms with van der Waals surface area (Å²) in [5.41, 5.74) is 0. The van der Waals surface area contributed by atoms with E-state index < -0.39 is 0 Å². The summed E-state index contributed by atoms with van der Waals surface area (Å²) in [6.45, 7) is 4.32. The molecule has 1 nitrogen and oxygen atoms in total. The Kier molecular flexibility index (Phi) is 5.74. The van der Waals surface area contributed by atoms with Gasteiger partial charge in [-0.2, -0.15) is 0 Å². The number of aldehydes is 1. The summed E-state index contributed by atoms with van der Waals surface area (Å²) in [6, 6.07) is 0. The average Bonchev–Trinajstić information content (AvgIpc) is 1.87. The van der Waals surface area contributed by atoms with E-state index in [1.807, 2.05) is 6.08 Å². The SMILES string of the molecule is CC(C)C/C=C/C=C/C=O. The third-order valence-electron chi connectivity index (χ3n) is 1.04. The van der Waals surface area contributed by atoms with Crippen LogP contribution in [0, 0.1) is 5.92 Å². The van der Waals surface area contributed by atoms with Crippen LogP contribution in [0.2, 0.25) is 0 Å². The molecule has 0 saturated heterocycles. The van der Waals surface area contributed by atoms with Gasteiger partial charge in [0.1, 0.15) is 6.29 Å². The summed E-state index contributed by atoms with van der Waals surface area (Å²) in [6.07, 6.45) is 9.04. The average molecular weight is 138 g/mol. The third-order valence-corrected chi connectivity index (χ3v) is 1.04. The molecule has 0 saturated carbocycles. The first-order valence-electron chi connectivity index (χ1n) is 3.54. The van der Waals surface area contributed by atoms with Crippen LogP contribution in [-0.2, 0) is 4.79 Å². The zero-order chi connectivity index (χ0) is 7.82. The minimum Gasteiger partial charge on any atom is -0.299 e. The molecule has 0 spiro atoms. The topological polar surface area (TPSA) is 17.1 Å². The highest BCUT2D eigenvalue weighted by Crippen LogP contribution is 1.99. The minimum atomic E-state index is 0.695. The van der Waals surface area contributed by atoms with Crippen molar-refractivity contribution in [2.24, 2.45) is 5.92 Å². The van der Waals surface area contributed by atoms with E-state index in [1.54, 1.807) is 6.08 Å². The van der Waals surface area contributed by atoms with Crippen LogP contribution < -0.4 is 0 Å². The zero-order valence-corrected chi connectivity index (χ0v) is 6.58. The maximum absolute atomic E-state index is 9.78. The number of hydrogen-bond acceptors (Lipinski definition) is 1. The minimum absolute atomic E-state index is 0.695. The molecular weight excluding hydrogens is 124 g/mol. The van der Waals surface area contributed by atoms with Crippen molar-refractivity contribution < 1.29 is 4.79 Å². The summed E-state index contributed by atoms with van der Waals surface area (Å²) >= 11 is 0. The van der Waals surface area contributed by atoms with Crippen LogP contribution in [0.5, 0.6) is 0 Å². The molecule has 0 amide bonds. The number of allylic oxidation sites excluding steroid dienone is 4. The van der Waals surface area contributed by atoms with Crippen LogP contribution in [0.15, 0.2) is 24.3 Å². The van der Waals surface area contributed by atoms with Gasteiger partial charge in [-0.15, -0.1) is 0 Å². The monoisotopic (exact) mass is 138 g/mol. The highest BCUT2D eigenvalue weighted by molar-refractivity contribution is 5.65. The molecule has 56 valence electrons. The Hall–Kier alpha value is -0.850. The van der Waals surface area contributed by atoms with Gasteiger partial charge in [-0.1, -0.05) is 32.1 Å². The molecule has 0 heterocycles. The van der Waals surface area contributed by atoms with Crippen molar-refractivity contribution in [2.75, 3.05) is 0 Å². The lowest BCUT2D eigenvalue weighted by atomic mass is 10.1. The molecule has 1 heteroatoms.